The molecule has 0 saturated heterocycles. The highest BCUT2D eigenvalue weighted by Gasteiger charge is 2.24. The summed E-state index contributed by atoms with van der Waals surface area (Å²) >= 11 is 0. The van der Waals surface area contributed by atoms with Gasteiger partial charge in [-0.05, 0) is 37.0 Å². The molecule has 0 aromatic heterocycles. The first-order valence-corrected chi connectivity index (χ1v) is 7.58. The third-order valence-electron chi connectivity index (χ3n) is 3.83. The molecule has 3 N–H and O–H groups in total. The third kappa shape index (κ3) is 6.71. The zero-order valence-electron chi connectivity index (χ0n) is 12.8. The molecule has 2 unspecified atom stereocenters. The second-order valence-corrected chi connectivity index (χ2v) is 5.69. The van der Waals surface area contributed by atoms with Crippen molar-refractivity contribution in [1.82, 2.24) is 5.32 Å². The zero-order valence-corrected chi connectivity index (χ0v) is 13.7. The third-order valence-corrected chi connectivity index (χ3v) is 3.83. The molecule has 2 rings (SSSR count). The molecular weight excluding hydrogens is 326 g/mol. The molecule has 7 heteroatoms. The van der Waals surface area contributed by atoms with E-state index in [0.717, 1.165) is 31.2 Å². The maximum Gasteiger partial charge on any atom is 0.272 e. The number of amides is 1. The highest BCUT2D eigenvalue weighted by molar-refractivity contribution is 5.85. The Balaban J connectivity index is 0.00000264. The molecule has 1 aliphatic rings. The van der Waals surface area contributed by atoms with Gasteiger partial charge in [-0.15, -0.1) is 12.4 Å². The van der Waals surface area contributed by atoms with Gasteiger partial charge >= 0.3 is 0 Å². The molecule has 1 aromatic carbocycles. The monoisotopic (exact) mass is 348 g/mol. The Bertz CT molecular complexity index is 503. The Kier molecular flexibility index (Phi) is 8.26. The number of carbonyl (C=O) groups excluding carboxylic acids is 1. The van der Waals surface area contributed by atoms with Crippen molar-refractivity contribution in [3.05, 3.63) is 29.8 Å². The molecule has 1 aromatic rings. The van der Waals surface area contributed by atoms with Gasteiger partial charge in [-0.25, -0.2) is 8.78 Å². The van der Waals surface area contributed by atoms with Crippen molar-refractivity contribution in [3.63, 3.8) is 0 Å². The van der Waals surface area contributed by atoms with Crippen LogP contribution >= 0.6 is 12.4 Å². The van der Waals surface area contributed by atoms with Crippen LogP contribution in [0.2, 0.25) is 0 Å². The standard InChI is InChI=1S/C16H22F2N2O2.ClH/c17-15(18)10-22-14-6-1-3-11(7-14)9-20-16(21)12-4-2-5-13(19)8-12;/h1,3,6-7,12-13,15H,2,4-5,8-10,19H2,(H,20,21);1H. The van der Waals surface area contributed by atoms with Gasteiger partial charge in [0, 0.05) is 18.5 Å². The summed E-state index contributed by atoms with van der Waals surface area (Å²) < 4.78 is 29.2. The van der Waals surface area contributed by atoms with Gasteiger partial charge in [0.15, 0.2) is 0 Å². The highest BCUT2D eigenvalue weighted by Crippen LogP contribution is 2.23. The van der Waals surface area contributed by atoms with Crippen molar-refractivity contribution in [1.29, 1.82) is 0 Å². The number of hydrogen-bond acceptors (Lipinski definition) is 3. The Labute approximate surface area is 141 Å². The second-order valence-electron chi connectivity index (χ2n) is 5.69. The number of halogens is 3. The van der Waals surface area contributed by atoms with Crippen LogP contribution in [0.5, 0.6) is 5.75 Å². The Hall–Kier alpha value is -1.40. The number of nitrogens with one attached hydrogen (secondary N) is 1. The molecule has 1 fully saturated rings. The molecule has 1 amide bonds. The summed E-state index contributed by atoms with van der Waals surface area (Å²) in [5, 5.41) is 2.88. The highest BCUT2D eigenvalue weighted by atomic mass is 35.5. The normalized spacial score (nSPS) is 20.7. The number of rotatable bonds is 6. The van der Waals surface area contributed by atoms with Gasteiger partial charge in [-0.1, -0.05) is 18.6 Å². The zero-order chi connectivity index (χ0) is 15.9. The number of nitrogens with two attached hydrogens (primary N) is 1. The molecule has 0 aliphatic heterocycles. The lowest BCUT2D eigenvalue weighted by Gasteiger charge is -2.25. The number of hydrogen-bond donors (Lipinski definition) is 2. The predicted octanol–water partition coefficient (Wildman–Crippen LogP) is 2.89. The summed E-state index contributed by atoms with van der Waals surface area (Å²) in [5.74, 6) is 0.364. The van der Waals surface area contributed by atoms with Crippen LogP contribution < -0.4 is 15.8 Å². The van der Waals surface area contributed by atoms with Crippen LogP contribution in [0.25, 0.3) is 0 Å². The number of carbonyl (C=O) groups is 1. The van der Waals surface area contributed by atoms with Gasteiger partial charge in [0.05, 0.1) is 0 Å². The van der Waals surface area contributed by atoms with Crippen LogP contribution in [0, 0.1) is 5.92 Å². The second kappa shape index (κ2) is 9.67. The fourth-order valence-electron chi connectivity index (χ4n) is 2.70. The lowest BCUT2D eigenvalue weighted by atomic mass is 9.85. The van der Waals surface area contributed by atoms with E-state index in [4.69, 9.17) is 10.5 Å². The van der Waals surface area contributed by atoms with E-state index in [1.807, 2.05) is 6.07 Å². The van der Waals surface area contributed by atoms with Crippen molar-refractivity contribution < 1.29 is 18.3 Å². The van der Waals surface area contributed by atoms with Crippen LogP contribution in [0.15, 0.2) is 24.3 Å². The topological polar surface area (TPSA) is 64.4 Å². The Morgan fingerprint density at radius 1 is 1.39 bits per heavy atom. The molecule has 23 heavy (non-hydrogen) atoms. The number of alkyl halides is 2. The van der Waals surface area contributed by atoms with Crippen molar-refractivity contribution in [2.24, 2.45) is 11.7 Å². The van der Waals surface area contributed by atoms with Crippen LogP contribution in [0.4, 0.5) is 8.78 Å². The molecule has 0 radical (unpaired) electrons. The predicted molar refractivity (Wildman–Crippen MR) is 87.0 cm³/mol. The van der Waals surface area contributed by atoms with E-state index in [2.05, 4.69) is 5.32 Å². The van der Waals surface area contributed by atoms with Gasteiger partial charge in [0.25, 0.3) is 6.43 Å². The van der Waals surface area contributed by atoms with Gasteiger partial charge in [-0.2, -0.15) is 0 Å². The summed E-state index contributed by atoms with van der Waals surface area (Å²) in [6.45, 7) is -0.272. The van der Waals surface area contributed by atoms with E-state index in [1.54, 1.807) is 18.2 Å². The number of benzene rings is 1. The fourth-order valence-corrected chi connectivity index (χ4v) is 2.70. The maximum atomic E-state index is 12.1. The SMILES string of the molecule is Cl.NC1CCCC(C(=O)NCc2cccc(OCC(F)F)c2)C1. The van der Waals surface area contributed by atoms with Gasteiger partial charge < -0.3 is 15.8 Å². The minimum atomic E-state index is -2.50. The molecular formula is C16H23ClF2N2O2. The minimum Gasteiger partial charge on any atom is -0.488 e. The van der Waals surface area contributed by atoms with Gasteiger partial charge in [0.1, 0.15) is 12.4 Å². The number of ether oxygens (including phenoxy) is 1. The van der Waals surface area contributed by atoms with Crippen molar-refractivity contribution in [2.45, 2.75) is 44.7 Å². The van der Waals surface area contributed by atoms with E-state index in [-0.39, 0.29) is 30.3 Å². The van der Waals surface area contributed by atoms with E-state index in [1.165, 1.54) is 0 Å². The van der Waals surface area contributed by atoms with Gasteiger partial charge in [0.2, 0.25) is 5.91 Å². The molecule has 0 spiro atoms. The molecule has 1 saturated carbocycles. The smallest absolute Gasteiger partial charge is 0.272 e. The average Bonchev–Trinajstić information content (AvgIpc) is 2.51. The van der Waals surface area contributed by atoms with Crippen molar-refractivity contribution in [2.75, 3.05) is 6.61 Å². The molecule has 1 aliphatic carbocycles. The van der Waals surface area contributed by atoms with E-state index < -0.39 is 13.0 Å². The first kappa shape index (κ1) is 19.6. The summed E-state index contributed by atoms with van der Waals surface area (Å²) in [7, 11) is 0. The van der Waals surface area contributed by atoms with E-state index in [0.29, 0.717) is 12.3 Å². The van der Waals surface area contributed by atoms with Crippen LogP contribution in [0.3, 0.4) is 0 Å². The Morgan fingerprint density at radius 2 is 2.17 bits per heavy atom. The fraction of sp³-hybridized carbons (Fsp3) is 0.562. The van der Waals surface area contributed by atoms with Crippen molar-refractivity contribution >= 4 is 18.3 Å². The largest absolute Gasteiger partial charge is 0.488 e. The Morgan fingerprint density at radius 3 is 2.87 bits per heavy atom. The van der Waals surface area contributed by atoms with Gasteiger partial charge in [-0.3, -0.25) is 4.79 Å². The first-order chi connectivity index (χ1) is 10.5. The van der Waals surface area contributed by atoms with Crippen molar-refractivity contribution in [3.8, 4) is 5.75 Å². The maximum absolute atomic E-state index is 12.1. The van der Waals surface area contributed by atoms with E-state index in [9.17, 15) is 13.6 Å². The molecule has 4 nitrogen and oxygen atoms in total. The summed E-state index contributed by atoms with van der Waals surface area (Å²) in [5.41, 5.74) is 6.71. The lowest BCUT2D eigenvalue weighted by molar-refractivity contribution is -0.126. The van der Waals surface area contributed by atoms with Crippen LogP contribution in [0.1, 0.15) is 31.2 Å². The molecule has 0 bridgehead atoms. The molecule has 2 atom stereocenters. The minimum absolute atomic E-state index is 0. The molecule has 0 heterocycles. The van der Waals surface area contributed by atoms with Crippen LogP contribution in [-0.4, -0.2) is 25.0 Å². The first-order valence-electron chi connectivity index (χ1n) is 7.58. The van der Waals surface area contributed by atoms with Crippen LogP contribution in [-0.2, 0) is 11.3 Å². The molecule has 130 valence electrons. The quantitative estimate of drug-likeness (QED) is 0.830. The lowest BCUT2D eigenvalue weighted by Crippen LogP contribution is -2.37. The summed E-state index contributed by atoms with van der Waals surface area (Å²) in [6.07, 6.45) is 1.06. The average molecular weight is 349 g/mol. The summed E-state index contributed by atoms with van der Waals surface area (Å²) in [4.78, 5) is 12.1. The van der Waals surface area contributed by atoms with E-state index >= 15 is 0 Å². The summed E-state index contributed by atoms with van der Waals surface area (Å²) in [6, 6.07) is 6.93.